The number of aryl methyl sites for hydroxylation is 1. The van der Waals surface area contributed by atoms with E-state index >= 15 is 0 Å². The Hall–Kier alpha value is -1.03. The number of hydrogen-bond donors (Lipinski definition) is 1. The monoisotopic (exact) mass is 264 g/mol. The second kappa shape index (κ2) is 6.94. The molecule has 1 saturated carbocycles. The highest BCUT2D eigenvalue weighted by atomic mass is 15.3. The van der Waals surface area contributed by atoms with Crippen molar-refractivity contribution in [2.75, 3.05) is 25.0 Å². The van der Waals surface area contributed by atoms with E-state index in [1.165, 1.54) is 37.8 Å². The van der Waals surface area contributed by atoms with E-state index in [0.29, 0.717) is 6.04 Å². The average Bonchev–Trinajstić information content (AvgIpc) is 2.90. The number of hydrogen-bond acceptors (Lipinski definition) is 3. The summed E-state index contributed by atoms with van der Waals surface area (Å²) in [5.41, 5.74) is 6.82. The summed E-state index contributed by atoms with van der Waals surface area (Å²) in [6.45, 7) is 3.91. The van der Waals surface area contributed by atoms with Crippen LogP contribution in [-0.4, -0.2) is 29.7 Å². The third-order valence-corrected chi connectivity index (χ3v) is 4.13. The first-order valence-electron chi connectivity index (χ1n) is 7.75. The molecule has 0 unspecified atom stereocenters. The van der Waals surface area contributed by atoms with Crippen molar-refractivity contribution in [1.29, 1.82) is 0 Å². The summed E-state index contributed by atoms with van der Waals surface area (Å²) in [5.74, 6) is 1.14. The van der Waals surface area contributed by atoms with Crippen molar-refractivity contribution in [3.05, 3.63) is 11.9 Å². The lowest BCUT2D eigenvalue weighted by molar-refractivity contribution is 0.353. The fourth-order valence-corrected chi connectivity index (χ4v) is 2.94. The van der Waals surface area contributed by atoms with Gasteiger partial charge in [-0.3, -0.25) is 0 Å². The smallest absolute Gasteiger partial charge is 0.205 e. The van der Waals surface area contributed by atoms with Gasteiger partial charge in [0.2, 0.25) is 5.95 Å². The third kappa shape index (κ3) is 3.50. The number of aromatic nitrogens is 2. The molecule has 0 amide bonds. The zero-order valence-electron chi connectivity index (χ0n) is 12.4. The second-order valence-electron chi connectivity index (χ2n) is 5.65. The molecule has 0 radical (unpaired) electrons. The zero-order valence-corrected chi connectivity index (χ0v) is 12.4. The molecule has 0 aliphatic heterocycles. The summed E-state index contributed by atoms with van der Waals surface area (Å²) in [7, 11) is 2.14. The fraction of sp³-hybridized carbons (Fsp3) is 0.800. The Bertz CT molecular complexity index is 379. The van der Waals surface area contributed by atoms with Gasteiger partial charge in [-0.15, -0.1) is 0 Å². The lowest BCUT2D eigenvalue weighted by Gasteiger charge is -2.27. The molecule has 0 bridgehead atoms. The number of nitrogens with zero attached hydrogens (tertiary/aromatic N) is 3. The largest absolute Gasteiger partial charge is 0.345 e. The highest BCUT2D eigenvalue weighted by Crippen LogP contribution is 2.31. The number of anilines is 1. The first-order valence-corrected chi connectivity index (χ1v) is 7.75. The molecule has 1 aromatic rings. The summed E-state index contributed by atoms with van der Waals surface area (Å²) < 4.78 is 2.43. The first-order chi connectivity index (χ1) is 9.26. The quantitative estimate of drug-likeness (QED) is 0.859. The minimum absolute atomic E-state index is 0.650. The van der Waals surface area contributed by atoms with E-state index in [2.05, 4.69) is 29.6 Å². The Morgan fingerprint density at radius 1 is 1.37 bits per heavy atom. The van der Waals surface area contributed by atoms with E-state index in [1.54, 1.807) is 0 Å². The van der Waals surface area contributed by atoms with Crippen molar-refractivity contribution in [1.82, 2.24) is 9.55 Å². The van der Waals surface area contributed by atoms with Crippen molar-refractivity contribution in [2.24, 2.45) is 5.73 Å². The highest BCUT2D eigenvalue weighted by molar-refractivity contribution is 5.33. The Morgan fingerprint density at radius 3 is 2.74 bits per heavy atom. The molecule has 4 nitrogen and oxygen atoms in total. The molecule has 1 aliphatic rings. The van der Waals surface area contributed by atoms with E-state index in [0.717, 1.165) is 31.9 Å². The predicted octanol–water partition coefficient (Wildman–Crippen LogP) is 2.74. The van der Waals surface area contributed by atoms with Gasteiger partial charge in [-0.25, -0.2) is 4.98 Å². The second-order valence-corrected chi connectivity index (χ2v) is 5.65. The molecule has 0 spiro atoms. The number of rotatable bonds is 6. The van der Waals surface area contributed by atoms with E-state index in [-0.39, 0.29) is 0 Å². The van der Waals surface area contributed by atoms with Gasteiger partial charge in [0.05, 0.1) is 5.69 Å². The van der Waals surface area contributed by atoms with Crippen LogP contribution < -0.4 is 10.6 Å². The third-order valence-electron chi connectivity index (χ3n) is 4.13. The summed E-state index contributed by atoms with van der Waals surface area (Å²) >= 11 is 0. The molecule has 0 saturated heterocycles. The van der Waals surface area contributed by atoms with Crippen LogP contribution >= 0.6 is 0 Å². The van der Waals surface area contributed by atoms with Crippen LogP contribution in [0.25, 0.3) is 0 Å². The maximum atomic E-state index is 5.61. The maximum Gasteiger partial charge on any atom is 0.205 e. The number of imidazole rings is 1. The Balaban J connectivity index is 2.17. The van der Waals surface area contributed by atoms with E-state index in [9.17, 15) is 0 Å². The lowest BCUT2D eigenvalue weighted by Crippen LogP contribution is -2.26. The molecule has 1 aromatic heterocycles. The van der Waals surface area contributed by atoms with Crippen molar-refractivity contribution < 1.29 is 0 Å². The Labute approximate surface area is 117 Å². The highest BCUT2D eigenvalue weighted by Gasteiger charge is 2.20. The fourth-order valence-electron chi connectivity index (χ4n) is 2.94. The van der Waals surface area contributed by atoms with Crippen LogP contribution in [0.15, 0.2) is 6.20 Å². The van der Waals surface area contributed by atoms with Crippen LogP contribution in [0, 0.1) is 0 Å². The molecule has 0 atom stereocenters. The number of nitrogens with two attached hydrogens (primary N) is 1. The van der Waals surface area contributed by atoms with Gasteiger partial charge >= 0.3 is 0 Å². The predicted molar refractivity (Wildman–Crippen MR) is 80.7 cm³/mol. The molecule has 0 aromatic carbocycles. The van der Waals surface area contributed by atoms with Gasteiger partial charge in [0.25, 0.3) is 0 Å². The van der Waals surface area contributed by atoms with Crippen molar-refractivity contribution >= 4 is 5.95 Å². The van der Waals surface area contributed by atoms with Crippen LogP contribution in [0.4, 0.5) is 5.95 Å². The van der Waals surface area contributed by atoms with Crippen LogP contribution in [0.3, 0.4) is 0 Å². The molecule has 108 valence electrons. The van der Waals surface area contributed by atoms with Crippen LogP contribution in [0.1, 0.15) is 57.2 Å². The van der Waals surface area contributed by atoms with Gasteiger partial charge in [-0.05, 0) is 32.2 Å². The zero-order chi connectivity index (χ0) is 13.7. The van der Waals surface area contributed by atoms with E-state index in [1.807, 2.05) is 0 Å². The molecule has 2 rings (SSSR count). The summed E-state index contributed by atoms with van der Waals surface area (Å²) in [5, 5.41) is 0. The molecule has 19 heavy (non-hydrogen) atoms. The molecule has 1 fully saturated rings. The van der Waals surface area contributed by atoms with Crippen LogP contribution in [-0.2, 0) is 6.42 Å². The van der Waals surface area contributed by atoms with Crippen LogP contribution in [0.5, 0.6) is 0 Å². The lowest BCUT2D eigenvalue weighted by atomic mass is 9.95. The van der Waals surface area contributed by atoms with Crippen molar-refractivity contribution in [2.45, 2.75) is 57.9 Å². The first kappa shape index (κ1) is 14.4. The average molecular weight is 264 g/mol. The normalized spacial score (nSPS) is 16.8. The van der Waals surface area contributed by atoms with Crippen molar-refractivity contribution in [3.63, 3.8) is 0 Å². The standard InChI is InChI=1S/C15H28N4/c1-3-13-12-19(14-8-5-4-6-9-14)15(17-13)18(2)11-7-10-16/h12,14H,3-11,16H2,1-2H3. The van der Waals surface area contributed by atoms with Gasteiger partial charge in [-0.1, -0.05) is 26.2 Å². The molecule has 1 heterocycles. The summed E-state index contributed by atoms with van der Waals surface area (Å²) in [4.78, 5) is 7.07. The van der Waals surface area contributed by atoms with Gasteiger partial charge in [-0.2, -0.15) is 0 Å². The molecule has 1 aliphatic carbocycles. The van der Waals surface area contributed by atoms with Gasteiger partial charge in [0.15, 0.2) is 0 Å². The van der Waals surface area contributed by atoms with Crippen LogP contribution in [0.2, 0.25) is 0 Å². The van der Waals surface area contributed by atoms with Crippen molar-refractivity contribution in [3.8, 4) is 0 Å². The SMILES string of the molecule is CCc1cn(C2CCCCC2)c(N(C)CCCN)n1. The Kier molecular flexibility index (Phi) is 5.25. The topological polar surface area (TPSA) is 47.1 Å². The van der Waals surface area contributed by atoms with Gasteiger partial charge < -0.3 is 15.2 Å². The minimum Gasteiger partial charge on any atom is -0.345 e. The maximum absolute atomic E-state index is 5.61. The van der Waals surface area contributed by atoms with Gasteiger partial charge in [0.1, 0.15) is 0 Å². The molecule has 2 N–H and O–H groups in total. The molecule has 4 heteroatoms. The summed E-state index contributed by atoms with van der Waals surface area (Å²) in [6.07, 6.45) is 11.0. The Morgan fingerprint density at radius 2 is 2.11 bits per heavy atom. The summed E-state index contributed by atoms with van der Waals surface area (Å²) in [6, 6.07) is 0.650. The minimum atomic E-state index is 0.650. The molecular formula is C15H28N4. The van der Waals surface area contributed by atoms with E-state index < -0.39 is 0 Å². The van der Waals surface area contributed by atoms with Gasteiger partial charge in [0, 0.05) is 25.8 Å². The van der Waals surface area contributed by atoms with E-state index in [4.69, 9.17) is 10.7 Å². The molecular weight excluding hydrogens is 236 g/mol.